The van der Waals surface area contributed by atoms with Crippen molar-refractivity contribution in [2.24, 2.45) is 5.92 Å². The minimum absolute atomic E-state index is 0.145. The number of aromatic nitrogens is 2. The molecule has 2 heterocycles. The third-order valence-electron chi connectivity index (χ3n) is 3.91. The van der Waals surface area contributed by atoms with Crippen LogP contribution in [0, 0.1) is 5.92 Å². The maximum atomic E-state index is 12.4. The molecule has 0 amide bonds. The Balaban J connectivity index is 1.67. The van der Waals surface area contributed by atoms with Crippen molar-refractivity contribution in [3.8, 4) is 0 Å². The molecule has 1 fully saturated rings. The zero-order valence-electron chi connectivity index (χ0n) is 11.7. The second-order valence-electron chi connectivity index (χ2n) is 5.41. The molecule has 0 unspecified atom stereocenters. The molecule has 3 rings (SSSR count). The highest BCUT2D eigenvalue weighted by Gasteiger charge is 2.20. The highest BCUT2D eigenvalue weighted by atomic mass is 35.5. The number of hydrogen-bond donors (Lipinski definition) is 1. The van der Waals surface area contributed by atoms with Crippen LogP contribution in [0.3, 0.4) is 0 Å². The summed E-state index contributed by atoms with van der Waals surface area (Å²) >= 11 is 6.08. The summed E-state index contributed by atoms with van der Waals surface area (Å²) < 4.78 is 6.78. The Bertz CT molecular complexity index is 647. The van der Waals surface area contributed by atoms with Crippen LogP contribution in [0.5, 0.6) is 0 Å². The fourth-order valence-electron chi connectivity index (χ4n) is 2.44. The first kappa shape index (κ1) is 14.2. The average Bonchev–Trinajstić information content (AvgIpc) is 2.93. The summed E-state index contributed by atoms with van der Waals surface area (Å²) in [6, 6.07) is 3.76. The Morgan fingerprint density at radius 1 is 1.48 bits per heavy atom. The van der Waals surface area contributed by atoms with Crippen molar-refractivity contribution in [3.63, 3.8) is 0 Å². The Kier molecular flexibility index (Phi) is 4.29. The van der Waals surface area contributed by atoms with E-state index in [9.17, 15) is 4.79 Å². The summed E-state index contributed by atoms with van der Waals surface area (Å²) in [6.45, 7) is 1.28. The first-order chi connectivity index (χ1) is 10.2. The molecule has 1 aliphatic rings. The zero-order valence-corrected chi connectivity index (χ0v) is 12.5. The number of nitrogens with one attached hydrogen (secondary N) is 1. The van der Waals surface area contributed by atoms with Crippen molar-refractivity contribution in [1.29, 1.82) is 0 Å². The Hall–Kier alpha value is -1.75. The van der Waals surface area contributed by atoms with Crippen molar-refractivity contribution in [2.45, 2.75) is 32.2 Å². The SMILES string of the molecule is O=c1c(NCCc2ccco2)c(Cl)cnn1CC1CCC1. The predicted octanol–water partition coefficient (Wildman–Crippen LogP) is 2.94. The van der Waals surface area contributed by atoms with E-state index in [1.165, 1.54) is 30.1 Å². The van der Waals surface area contributed by atoms with Gasteiger partial charge in [0.25, 0.3) is 5.56 Å². The fraction of sp³-hybridized carbons (Fsp3) is 0.467. The zero-order chi connectivity index (χ0) is 14.7. The van der Waals surface area contributed by atoms with E-state index in [1.807, 2.05) is 12.1 Å². The molecule has 21 heavy (non-hydrogen) atoms. The van der Waals surface area contributed by atoms with Gasteiger partial charge in [-0.3, -0.25) is 4.79 Å². The van der Waals surface area contributed by atoms with Gasteiger partial charge in [0, 0.05) is 19.5 Å². The van der Waals surface area contributed by atoms with E-state index in [1.54, 1.807) is 6.26 Å². The van der Waals surface area contributed by atoms with Gasteiger partial charge < -0.3 is 9.73 Å². The monoisotopic (exact) mass is 307 g/mol. The predicted molar refractivity (Wildman–Crippen MR) is 81.7 cm³/mol. The van der Waals surface area contributed by atoms with Gasteiger partial charge >= 0.3 is 0 Å². The molecule has 6 heteroatoms. The molecule has 112 valence electrons. The third-order valence-corrected chi connectivity index (χ3v) is 4.19. The highest BCUT2D eigenvalue weighted by Crippen LogP contribution is 2.27. The lowest BCUT2D eigenvalue weighted by molar-refractivity contribution is 0.262. The van der Waals surface area contributed by atoms with Gasteiger partial charge in [-0.1, -0.05) is 18.0 Å². The van der Waals surface area contributed by atoms with E-state index in [0.29, 0.717) is 36.1 Å². The third kappa shape index (κ3) is 3.29. The van der Waals surface area contributed by atoms with Crippen LogP contribution >= 0.6 is 11.6 Å². The lowest BCUT2D eigenvalue weighted by Crippen LogP contribution is -2.31. The van der Waals surface area contributed by atoms with Crippen molar-refractivity contribution >= 4 is 17.3 Å². The summed E-state index contributed by atoms with van der Waals surface area (Å²) in [5, 5.41) is 7.60. The number of hydrogen-bond acceptors (Lipinski definition) is 4. The number of nitrogens with zero attached hydrogens (tertiary/aromatic N) is 2. The molecule has 0 bridgehead atoms. The van der Waals surface area contributed by atoms with Gasteiger partial charge in [-0.05, 0) is 30.9 Å². The normalized spacial score (nSPS) is 14.9. The Morgan fingerprint density at radius 3 is 3.00 bits per heavy atom. The molecular formula is C15H18ClN3O2. The summed E-state index contributed by atoms with van der Waals surface area (Å²) in [4.78, 5) is 12.4. The fourth-order valence-corrected chi connectivity index (χ4v) is 2.64. The van der Waals surface area contributed by atoms with Crippen LogP contribution in [0.1, 0.15) is 25.0 Å². The number of halogens is 1. The number of anilines is 1. The first-order valence-electron chi connectivity index (χ1n) is 7.26. The van der Waals surface area contributed by atoms with Gasteiger partial charge in [0.2, 0.25) is 0 Å². The van der Waals surface area contributed by atoms with Crippen LogP contribution in [0.2, 0.25) is 5.02 Å². The summed E-state index contributed by atoms with van der Waals surface area (Å²) in [5.74, 6) is 1.45. The molecule has 2 aromatic rings. The highest BCUT2D eigenvalue weighted by molar-refractivity contribution is 6.32. The van der Waals surface area contributed by atoms with Gasteiger partial charge in [0.15, 0.2) is 0 Å². The van der Waals surface area contributed by atoms with E-state index >= 15 is 0 Å². The van der Waals surface area contributed by atoms with Gasteiger partial charge in [-0.25, -0.2) is 4.68 Å². The Labute approximate surface area is 127 Å². The van der Waals surface area contributed by atoms with Gasteiger partial charge in [-0.15, -0.1) is 0 Å². The topological polar surface area (TPSA) is 60.1 Å². The quantitative estimate of drug-likeness (QED) is 0.891. The smallest absolute Gasteiger partial charge is 0.291 e. The molecule has 5 nitrogen and oxygen atoms in total. The molecule has 1 aliphatic carbocycles. The van der Waals surface area contributed by atoms with Crippen LogP contribution < -0.4 is 10.9 Å². The minimum atomic E-state index is -0.145. The molecule has 0 aliphatic heterocycles. The van der Waals surface area contributed by atoms with Crippen LogP contribution in [-0.4, -0.2) is 16.3 Å². The second-order valence-corrected chi connectivity index (χ2v) is 5.82. The van der Waals surface area contributed by atoms with Crippen LogP contribution in [0.25, 0.3) is 0 Å². The van der Waals surface area contributed by atoms with Crippen LogP contribution in [-0.2, 0) is 13.0 Å². The molecule has 0 saturated heterocycles. The van der Waals surface area contributed by atoms with E-state index in [-0.39, 0.29) is 5.56 Å². The van der Waals surface area contributed by atoms with Crippen molar-refractivity contribution in [2.75, 3.05) is 11.9 Å². The maximum absolute atomic E-state index is 12.4. The van der Waals surface area contributed by atoms with E-state index in [0.717, 1.165) is 5.76 Å². The summed E-state index contributed by atoms with van der Waals surface area (Å²) in [5.41, 5.74) is 0.284. The number of rotatable bonds is 6. The standard InChI is InChI=1S/C15H18ClN3O2/c16-13-9-18-19(10-11-3-1-4-11)15(20)14(13)17-7-6-12-5-2-8-21-12/h2,5,8-9,11,17H,1,3-4,6-7,10H2. The minimum Gasteiger partial charge on any atom is -0.469 e. The van der Waals surface area contributed by atoms with E-state index in [2.05, 4.69) is 10.4 Å². The molecule has 0 atom stereocenters. The van der Waals surface area contributed by atoms with E-state index in [4.69, 9.17) is 16.0 Å². The summed E-state index contributed by atoms with van der Waals surface area (Å²) in [7, 11) is 0. The molecular weight excluding hydrogens is 290 g/mol. The molecule has 1 saturated carbocycles. The van der Waals surface area contributed by atoms with Crippen LogP contribution in [0.15, 0.2) is 33.8 Å². The van der Waals surface area contributed by atoms with Crippen molar-refractivity contribution in [1.82, 2.24) is 9.78 Å². The number of furan rings is 1. The maximum Gasteiger partial charge on any atom is 0.291 e. The van der Waals surface area contributed by atoms with E-state index < -0.39 is 0 Å². The largest absolute Gasteiger partial charge is 0.469 e. The molecule has 2 aromatic heterocycles. The van der Waals surface area contributed by atoms with Gasteiger partial charge in [0.1, 0.15) is 11.4 Å². The average molecular weight is 308 g/mol. The van der Waals surface area contributed by atoms with Crippen LogP contribution in [0.4, 0.5) is 5.69 Å². The Morgan fingerprint density at radius 2 is 2.33 bits per heavy atom. The molecule has 0 aromatic carbocycles. The molecule has 0 spiro atoms. The lowest BCUT2D eigenvalue weighted by atomic mass is 9.85. The molecule has 1 N–H and O–H groups in total. The molecule has 0 radical (unpaired) electrons. The summed E-state index contributed by atoms with van der Waals surface area (Å²) in [6.07, 6.45) is 7.49. The van der Waals surface area contributed by atoms with Crippen molar-refractivity contribution in [3.05, 3.63) is 45.7 Å². The second kappa shape index (κ2) is 6.35. The van der Waals surface area contributed by atoms with Gasteiger partial charge in [-0.2, -0.15) is 5.10 Å². The lowest BCUT2D eigenvalue weighted by Gasteiger charge is -2.25. The first-order valence-corrected chi connectivity index (χ1v) is 7.63. The van der Waals surface area contributed by atoms with Crippen molar-refractivity contribution < 1.29 is 4.42 Å². The van der Waals surface area contributed by atoms with Gasteiger partial charge in [0.05, 0.1) is 17.5 Å².